The predicted octanol–water partition coefficient (Wildman–Crippen LogP) is 2.64. The molecular formula is C17H22BNO4. The molecule has 2 heterocycles. The van der Waals surface area contributed by atoms with Crippen molar-refractivity contribution in [2.24, 2.45) is 0 Å². The van der Waals surface area contributed by atoms with Crippen LogP contribution in [-0.4, -0.2) is 35.9 Å². The fourth-order valence-corrected chi connectivity index (χ4v) is 2.65. The van der Waals surface area contributed by atoms with Gasteiger partial charge in [0.1, 0.15) is 0 Å². The number of nitrogens with one attached hydrogen (secondary N) is 1. The zero-order chi connectivity index (χ0) is 16.8. The van der Waals surface area contributed by atoms with Crippen LogP contribution < -0.4 is 5.59 Å². The number of hydrogen-bond donors (Lipinski definition) is 1. The Hall–Kier alpha value is -1.79. The van der Waals surface area contributed by atoms with Gasteiger partial charge in [-0.3, -0.25) is 0 Å². The zero-order valence-corrected chi connectivity index (χ0v) is 14.2. The Balaban J connectivity index is 1.99. The minimum absolute atomic E-state index is 0.333. The number of H-pyrrole nitrogens is 1. The van der Waals surface area contributed by atoms with Crippen LogP contribution in [0.25, 0.3) is 10.9 Å². The van der Waals surface area contributed by atoms with E-state index in [4.69, 9.17) is 14.0 Å². The number of hydrogen-bond acceptors (Lipinski definition) is 4. The third-order valence-electron chi connectivity index (χ3n) is 4.68. The van der Waals surface area contributed by atoms with Gasteiger partial charge in [0.05, 0.1) is 28.9 Å². The third-order valence-corrected chi connectivity index (χ3v) is 4.68. The lowest BCUT2D eigenvalue weighted by Crippen LogP contribution is -2.41. The second kappa shape index (κ2) is 5.39. The van der Waals surface area contributed by atoms with Gasteiger partial charge in [0, 0.05) is 5.59 Å². The van der Waals surface area contributed by atoms with Crippen molar-refractivity contribution in [3.05, 3.63) is 29.8 Å². The molecule has 1 N–H and O–H groups in total. The van der Waals surface area contributed by atoms with Crippen LogP contribution in [-0.2, 0) is 14.0 Å². The molecule has 0 unspecified atom stereocenters. The molecule has 0 atom stereocenters. The first-order valence-corrected chi connectivity index (χ1v) is 7.89. The van der Waals surface area contributed by atoms with Crippen molar-refractivity contribution in [2.75, 3.05) is 6.61 Å². The molecule has 6 heteroatoms. The number of benzene rings is 1. The quantitative estimate of drug-likeness (QED) is 0.699. The van der Waals surface area contributed by atoms with Crippen LogP contribution in [0.1, 0.15) is 45.0 Å². The number of rotatable bonds is 3. The van der Waals surface area contributed by atoms with Crippen LogP contribution >= 0.6 is 0 Å². The first-order valence-electron chi connectivity index (χ1n) is 7.89. The van der Waals surface area contributed by atoms with Crippen LogP contribution in [0.4, 0.5) is 0 Å². The summed E-state index contributed by atoms with van der Waals surface area (Å²) in [5.41, 5.74) is 1.26. The number of para-hydroxylation sites is 1. The fraction of sp³-hybridized carbons (Fsp3) is 0.471. The summed E-state index contributed by atoms with van der Waals surface area (Å²) in [5.74, 6) is -0.333. The minimum atomic E-state index is -0.484. The summed E-state index contributed by atoms with van der Waals surface area (Å²) >= 11 is 0. The minimum Gasteiger partial charge on any atom is -0.462 e. The molecule has 1 aliphatic heterocycles. The van der Waals surface area contributed by atoms with Crippen LogP contribution in [0, 0.1) is 0 Å². The number of fused-ring (bicyclic) bond motifs is 1. The summed E-state index contributed by atoms with van der Waals surface area (Å²) in [5, 5.41) is 0.931. The fourth-order valence-electron chi connectivity index (χ4n) is 2.65. The number of carbonyl (C=O) groups is 1. The number of carbonyl (C=O) groups excluding carboxylic acids is 1. The Kier molecular flexibility index (Phi) is 3.77. The van der Waals surface area contributed by atoms with E-state index in [9.17, 15) is 4.79 Å². The van der Waals surface area contributed by atoms with Gasteiger partial charge in [-0.15, -0.1) is 0 Å². The molecule has 0 bridgehead atoms. The molecule has 1 aromatic carbocycles. The van der Waals surface area contributed by atoms with Gasteiger partial charge in [0.25, 0.3) is 0 Å². The van der Waals surface area contributed by atoms with Gasteiger partial charge in [-0.2, -0.15) is 0 Å². The monoisotopic (exact) mass is 315 g/mol. The van der Waals surface area contributed by atoms with E-state index in [0.29, 0.717) is 12.2 Å². The Morgan fingerprint density at radius 3 is 2.48 bits per heavy atom. The molecule has 5 nitrogen and oxygen atoms in total. The summed E-state index contributed by atoms with van der Waals surface area (Å²) in [6.07, 6.45) is 0. The van der Waals surface area contributed by atoms with Gasteiger partial charge < -0.3 is 19.0 Å². The zero-order valence-electron chi connectivity index (χ0n) is 14.2. The van der Waals surface area contributed by atoms with Crippen molar-refractivity contribution in [1.29, 1.82) is 0 Å². The molecule has 0 aliphatic carbocycles. The number of esters is 1. The van der Waals surface area contributed by atoms with Crippen LogP contribution in [0.15, 0.2) is 24.3 Å². The van der Waals surface area contributed by atoms with Crippen molar-refractivity contribution < 1.29 is 18.8 Å². The Labute approximate surface area is 136 Å². The molecule has 1 saturated heterocycles. The van der Waals surface area contributed by atoms with Crippen LogP contribution in [0.5, 0.6) is 0 Å². The van der Waals surface area contributed by atoms with Crippen molar-refractivity contribution in [1.82, 2.24) is 4.98 Å². The Bertz CT molecular complexity index is 734. The Morgan fingerprint density at radius 2 is 1.87 bits per heavy atom. The second-order valence-corrected chi connectivity index (χ2v) is 6.80. The highest BCUT2D eigenvalue weighted by Gasteiger charge is 2.52. The standard InChI is InChI=1S/C17H22BNO4/c1-6-21-15(20)12-9-7-8-11-10-13(19-14(11)12)18-22-16(2,3)17(4,5)23-18/h7-10,19H,6H2,1-5H3. The SMILES string of the molecule is CCOC(=O)c1cccc2cc(B3OC(C)(C)C(C)(C)O3)[nH]c12. The second-order valence-electron chi connectivity index (χ2n) is 6.80. The summed E-state index contributed by atoms with van der Waals surface area (Å²) in [6.45, 7) is 10.2. The average molecular weight is 315 g/mol. The molecule has 1 aliphatic rings. The maximum Gasteiger partial charge on any atom is 0.512 e. The first-order chi connectivity index (χ1) is 10.7. The molecule has 0 spiro atoms. The number of aromatic amines is 1. The van der Waals surface area contributed by atoms with Gasteiger partial charge in [0.15, 0.2) is 0 Å². The van der Waals surface area contributed by atoms with Crippen molar-refractivity contribution >= 4 is 29.6 Å². The van der Waals surface area contributed by atoms with Gasteiger partial charge in [-0.05, 0) is 52.1 Å². The maximum absolute atomic E-state index is 12.1. The predicted molar refractivity (Wildman–Crippen MR) is 90.0 cm³/mol. The van der Waals surface area contributed by atoms with E-state index in [-0.39, 0.29) is 5.97 Å². The van der Waals surface area contributed by atoms with E-state index in [1.165, 1.54) is 0 Å². The van der Waals surface area contributed by atoms with Gasteiger partial charge in [0.2, 0.25) is 0 Å². The van der Waals surface area contributed by atoms with E-state index >= 15 is 0 Å². The summed E-state index contributed by atoms with van der Waals surface area (Å²) in [6, 6.07) is 7.50. The Morgan fingerprint density at radius 1 is 1.22 bits per heavy atom. The normalized spacial score (nSPS) is 19.3. The summed E-state index contributed by atoms with van der Waals surface area (Å²) < 4.78 is 17.2. The molecule has 3 rings (SSSR count). The maximum atomic E-state index is 12.1. The average Bonchev–Trinajstić information content (AvgIpc) is 2.97. The van der Waals surface area contributed by atoms with Crippen molar-refractivity contribution in [3.8, 4) is 0 Å². The molecule has 0 radical (unpaired) electrons. The smallest absolute Gasteiger partial charge is 0.462 e. The molecule has 23 heavy (non-hydrogen) atoms. The lowest BCUT2D eigenvalue weighted by molar-refractivity contribution is 0.00578. The number of ether oxygens (including phenoxy) is 1. The van der Waals surface area contributed by atoms with Crippen LogP contribution in [0.3, 0.4) is 0 Å². The highest BCUT2D eigenvalue weighted by molar-refractivity contribution is 6.61. The first kappa shape index (κ1) is 16.1. The van der Waals surface area contributed by atoms with Crippen molar-refractivity contribution in [2.45, 2.75) is 45.8 Å². The number of aromatic nitrogens is 1. The van der Waals surface area contributed by atoms with E-state index in [1.54, 1.807) is 13.0 Å². The largest absolute Gasteiger partial charge is 0.512 e. The van der Waals surface area contributed by atoms with Gasteiger partial charge in [-0.1, -0.05) is 12.1 Å². The lowest BCUT2D eigenvalue weighted by atomic mass is 9.85. The van der Waals surface area contributed by atoms with E-state index in [2.05, 4.69) is 4.98 Å². The topological polar surface area (TPSA) is 60.6 Å². The molecule has 122 valence electrons. The lowest BCUT2D eigenvalue weighted by Gasteiger charge is -2.32. The molecular weight excluding hydrogens is 293 g/mol. The third kappa shape index (κ3) is 2.66. The molecule has 1 fully saturated rings. The highest BCUT2D eigenvalue weighted by Crippen LogP contribution is 2.36. The van der Waals surface area contributed by atoms with Crippen molar-refractivity contribution in [3.63, 3.8) is 0 Å². The highest BCUT2D eigenvalue weighted by atomic mass is 16.7. The molecule has 2 aromatic rings. The molecule has 0 saturated carbocycles. The van der Waals surface area contributed by atoms with E-state index in [0.717, 1.165) is 16.5 Å². The van der Waals surface area contributed by atoms with Gasteiger partial charge in [-0.25, -0.2) is 4.79 Å². The van der Waals surface area contributed by atoms with Crippen LogP contribution in [0.2, 0.25) is 0 Å². The molecule has 0 amide bonds. The summed E-state index contributed by atoms with van der Waals surface area (Å²) in [7, 11) is -0.484. The molecule has 1 aromatic heterocycles. The van der Waals surface area contributed by atoms with Gasteiger partial charge >= 0.3 is 13.1 Å². The van der Waals surface area contributed by atoms with E-state index < -0.39 is 18.3 Å². The van der Waals surface area contributed by atoms with E-state index in [1.807, 2.05) is 45.9 Å². The summed E-state index contributed by atoms with van der Waals surface area (Å²) in [4.78, 5) is 15.4.